The lowest BCUT2D eigenvalue weighted by Gasteiger charge is -2.46. The number of carbonyl (C=O) groups is 5. The van der Waals surface area contributed by atoms with Crippen molar-refractivity contribution in [2.45, 2.75) is 43.7 Å². The summed E-state index contributed by atoms with van der Waals surface area (Å²) in [6, 6.07) is 2.42. The molecule has 0 aliphatic carbocycles. The number of carboxylic acids is 3. The smallest absolute Gasteiger partial charge is 0.353 e. The molecule has 1 aromatic rings. The number of hydrogen-bond acceptors (Lipinski definition) is 8. The molecule has 3 aliphatic heterocycles. The molecule has 6 unspecified atom stereocenters. The number of aromatic carboxylic acids is 2. The molecule has 6 atom stereocenters. The molecule has 1 aromatic carbocycles. The minimum absolute atomic E-state index is 0.0768. The summed E-state index contributed by atoms with van der Waals surface area (Å²) < 4.78 is 0. The topological polar surface area (TPSA) is 194 Å². The average molecular weight is 520 g/mol. The lowest BCUT2D eigenvalue weighted by Crippen LogP contribution is -2.63. The van der Waals surface area contributed by atoms with Crippen molar-refractivity contribution in [1.82, 2.24) is 10.2 Å². The van der Waals surface area contributed by atoms with Crippen molar-refractivity contribution in [2.24, 2.45) is 11.8 Å². The van der Waals surface area contributed by atoms with E-state index in [0.29, 0.717) is 17.9 Å². The maximum atomic E-state index is 12.8. The SMILES string of the molecule is CC(O)C1C(=O)N2C(C(=O)O)=C(SC3CNC(C(=O)Nc4ccc(C(=O)O)c(C(=O)O)c4)C3)C(C)C12. The number of nitrogens with zero attached hydrogens (tertiary/aromatic N) is 1. The van der Waals surface area contributed by atoms with Gasteiger partial charge in [-0.25, -0.2) is 14.4 Å². The van der Waals surface area contributed by atoms with E-state index < -0.39 is 65.0 Å². The predicted molar refractivity (Wildman–Crippen MR) is 126 cm³/mol. The van der Waals surface area contributed by atoms with Crippen LogP contribution in [0.15, 0.2) is 28.8 Å². The highest BCUT2D eigenvalue weighted by Gasteiger charge is 2.60. The third-order valence-corrected chi connectivity index (χ3v) is 8.27. The minimum atomic E-state index is -1.44. The summed E-state index contributed by atoms with van der Waals surface area (Å²) in [4.78, 5) is 61.6. The van der Waals surface area contributed by atoms with E-state index in [2.05, 4.69) is 10.6 Å². The number of β-lactam (4-membered cyclic amide) rings is 1. The number of anilines is 1. The van der Waals surface area contributed by atoms with Gasteiger partial charge in [0.05, 0.1) is 35.2 Å². The molecule has 13 heteroatoms. The van der Waals surface area contributed by atoms with Gasteiger partial charge < -0.3 is 36.0 Å². The Balaban J connectivity index is 1.44. The van der Waals surface area contributed by atoms with Crippen LogP contribution in [0, 0.1) is 11.8 Å². The molecule has 12 nitrogen and oxygen atoms in total. The van der Waals surface area contributed by atoms with Crippen LogP contribution in [-0.2, 0) is 14.4 Å². The second kappa shape index (κ2) is 9.56. The number of rotatable bonds is 8. The van der Waals surface area contributed by atoms with Crippen LogP contribution in [0.4, 0.5) is 5.69 Å². The molecule has 192 valence electrons. The van der Waals surface area contributed by atoms with Gasteiger partial charge in [0.15, 0.2) is 0 Å². The maximum Gasteiger partial charge on any atom is 0.353 e. The molecule has 3 heterocycles. The van der Waals surface area contributed by atoms with Crippen LogP contribution in [0.2, 0.25) is 0 Å². The molecule has 0 saturated carbocycles. The summed E-state index contributed by atoms with van der Waals surface area (Å²) in [5.41, 5.74) is -0.795. The number of nitrogens with one attached hydrogen (secondary N) is 2. The largest absolute Gasteiger partial charge is 0.478 e. The van der Waals surface area contributed by atoms with Crippen LogP contribution in [0.1, 0.15) is 41.0 Å². The van der Waals surface area contributed by atoms with Crippen LogP contribution in [-0.4, -0.2) is 85.0 Å². The van der Waals surface area contributed by atoms with E-state index in [1.165, 1.54) is 29.7 Å². The van der Waals surface area contributed by atoms with Crippen LogP contribution in [0.25, 0.3) is 0 Å². The Hall–Kier alpha value is -3.42. The molecule has 0 spiro atoms. The third kappa shape index (κ3) is 4.33. The highest BCUT2D eigenvalue weighted by atomic mass is 32.2. The lowest BCUT2D eigenvalue weighted by molar-refractivity contribution is -0.163. The van der Waals surface area contributed by atoms with Crippen molar-refractivity contribution in [3.05, 3.63) is 39.9 Å². The number of aliphatic hydroxyl groups excluding tert-OH is 1. The van der Waals surface area contributed by atoms with Gasteiger partial charge in [-0.05, 0) is 31.5 Å². The number of carbonyl (C=O) groups excluding carboxylic acids is 2. The van der Waals surface area contributed by atoms with Gasteiger partial charge in [0.25, 0.3) is 0 Å². The van der Waals surface area contributed by atoms with Gasteiger partial charge in [-0.15, -0.1) is 11.8 Å². The summed E-state index contributed by atoms with van der Waals surface area (Å²) >= 11 is 1.30. The molecule has 6 N–H and O–H groups in total. The highest BCUT2D eigenvalue weighted by molar-refractivity contribution is 8.03. The summed E-state index contributed by atoms with van der Waals surface area (Å²) in [5, 5.41) is 43.6. The second-order valence-corrected chi connectivity index (χ2v) is 10.4. The van der Waals surface area contributed by atoms with E-state index in [9.17, 15) is 39.3 Å². The predicted octanol–water partition coefficient (Wildman–Crippen LogP) is 0.639. The summed E-state index contributed by atoms with van der Waals surface area (Å²) in [7, 11) is 0. The number of thioether (sulfide) groups is 1. The van der Waals surface area contributed by atoms with Gasteiger partial charge in [0.2, 0.25) is 11.8 Å². The Morgan fingerprint density at radius 3 is 2.36 bits per heavy atom. The highest BCUT2D eigenvalue weighted by Crippen LogP contribution is 2.51. The molecular formula is C23H25N3O9S. The first kappa shape index (κ1) is 25.7. The van der Waals surface area contributed by atoms with Crippen LogP contribution in [0.3, 0.4) is 0 Å². The van der Waals surface area contributed by atoms with E-state index in [1.807, 2.05) is 6.92 Å². The van der Waals surface area contributed by atoms with Crippen molar-refractivity contribution in [3.8, 4) is 0 Å². The Morgan fingerprint density at radius 1 is 1.11 bits per heavy atom. The first-order chi connectivity index (χ1) is 16.9. The number of aliphatic carboxylic acids is 1. The first-order valence-electron chi connectivity index (χ1n) is 11.2. The van der Waals surface area contributed by atoms with E-state index >= 15 is 0 Å². The fraction of sp³-hybridized carbons (Fsp3) is 0.435. The fourth-order valence-corrected chi connectivity index (χ4v) is 6.54. The third-order valence-electron chi connectivity index (χ3n) is 6.76. The molecule has 2 saturated heterocycles. The van der Waals surface area contributed by atoms with Gasteiger partial charge >= 0.3 is 17.9 Å². The van der Waals surface area contributed by atoms with Crippen molar-refractivity contribution < 1.29 is 44.4 Å². The summed E-state index contributed by atoms with van der Waals surface area (Å²) in [6.07, 6.45) is -0.551. The molecule has 0 radical (unpaired) electrons. The van der Waals surface area contributed by atoms with E-state index in [1.54, 1.807) is 0 Å². The van der Waals surface area contributed by atoms with Gasteiger partial charge in [-0.3, -0.25) is 9.59 Å². The lowest BCUT2D eigenvalue weighted by atomic mass is 9.79. The van der Waals surface area contributed by atoms with Crippen molar-refractivity contribution >= 4 is 47.2 Å². The average Bonchev–Trinajstić information content (AvgIpc) is 3.35. The van der Waals surface area contributed by atoms with Crippen molar-refractivity contribution in [2.75, 3.05) is 11.9 Å². The Labute approximate surface area is 209 Å². The number of hydrogen-bond donors (Lipinski definition) is 6. The molecule has 0 aromatic heterocycles. The summed E-state index contributed by atoms with van der Waals surface area (Å²) in [5.74, 6) is -5.85. The van der Waals surface area contributed by atoms with Gasteiger partial charge in [-0.2, -0.15) is 0 Å². The maximum absolute atomic E-state index is 12.8. The van der Waals surface area contributed by atoms with Crippen molar-refractivity contribution in [3.63, 3.8) is 0 Å². The minimum Gasteiger partial charge on any atom is -0.478 e. The zero-order valence-electron chi connectivity index (χ0n) is 19.3. The Kier molecular flexibility index (Phi) is 6.82. The Morgan fingerprint density at radius 2 is 1.78 bits per heavy atom. The molecule has 3 aliphatic rings. The van der Waals surface area contributed by atoms with Crippen LogP contribution < -0.4 is 10.6 Å². The standard InChI is InChI=1S/C23H25N3O9S/c1-8-16-15(9(2)27)20(29)26(16)17(23(34)35)18(8)36-11-6-14(24-7-11)19(28)25-10-3-4-12(21(30)31)13(5-10)22(32)33/h3-5,8-9,11,14-16,24,27H,6-7H2,1-2H3,(H,25,28)(H,30,31)(H,32,33)(H,34,35). The molecule has 4 rings (SSSR count). The molecule has 2 fully saturated rings. The van der Waals surface area contributed by atoms with Crippen molar-refractivity contribution in [1.29, 1.82) is 0 Å². The number of carboxylic acid groups (broad SMARTS) is 3. The zero-order valence-corrected chi connectivity index (χ0v) is 20.1. The number of fused-ring (bicyclic) bond motifs is 1. The van der Waals surface area contributed by atoms with Crippen LogP contribution >= 0.6 is 11.8 Å². The number of aliphatic hydroxyl groups is 1. The molecular weight excluding hydrogens is 494 g/mol. The summed E-state index contributed by atoms with van der Waals surface area (Å²) in [6.45, 7) is 3.73. The normalized spacial score (nSPS) is 27.9. The monoisotopic (exact) mass is 519 g/mol. The number of benzene rings is 1. The number of amides is 2. The van der Waals surface area contributed by atoms with Gasteiger partial charge in [0.1, 0.15) is 5.70 Å². The van der Waals surface area contributed by atoms with Gasteiger partial charge in [0, 0.05) is 28.3 Å². The quantitative estimate of drug-likeness (QED) is 0.264. The molecule has 0 bridgehead atoms. The Bertz CT molecular complexity index is 1200. The van der Waals surface area contributed by atoms with E-state index in [0.717, 1.165) is 12.1 Å². The van der Waals surface area contributed by atoms with Gasteiger partial charge in [-0.1, -0.05) is 6.92 Å². The first-order valence-corrected chi connectivity index (χ1v) is 12.1. The second-order valence-electron chi connectivity index (χ2n) is 9.07. The fourth-order valence-electron chi connectivity index (χ4n) is 5.07. The van der Waals surface area contributed by atoms with E-state index in [4.69, 9.17) is 5.11 Å². The molecule has 36 heavy (non-hydrogen) atoms. The van der Waals surface area contributed by atoms with Crippen LogP contribution in [0.5, 0.6) is 0 Å². The zero-order chi connectivity index (χ0) is 26.5. The molecule has 2 amide bonds. The van der Waals surface area contributed by atoms with E-state index in [-0.39, 0.29) is 22.6 Å².